The molecular weight excluding hydrogens is 196 g/mol. The zero-order valence-electron chi connectivity index (χ0n) is 7.47. The van der Waals surface area contributed by atoms with Gasteiger partial charge in [0.05, 0.1) is 5.69 Å². The van der Waals surface area contributed by atoms with Gasteiger partial charge in [-0.1, -0.05) is 0 Å². The highest BCUT2D eigenvalue weighted by molar-refractivity contribution is 7.13. The summed E-state index contributed by atoms with van der Waals surface area (Å²) in [7, 11) is 0. The summed E-state index contributed by atoms with van der Waals surface area (Å²) < 4.78 is 0. The number of phenols is 1. The largest absolute Gasteiger partial charge is 0.508 e. The molecule has 3 N–H and O–H groups in total. The lowest BCUT2D eigenvalue weighted by atomic mass is 10.2. The van der Waals surface area contributed by atoms with E-state index in [4.69, 9.17) is 10.8 Å². The van der Waals surface area contributed by atoms with Crippen molar-refractivity contribution in [3.8, 4) is 16.3 Å². The lowest BCUT2D eigenvalue weighted by Crippen LogP contribution is -1.95. The first-order chi connectivity index (χ1) is 6.79. The third-order valence-corrected chi connectivity index (χ3v) is 2.82. The molecule has 0 aliphatic rings. The molecular formula is C10H10N2OS. The Morgan fingerprint density at radius 1 is 1.29 bits per heavy atom. The Kier molecular flexibility index (Phi) is 2.47. The molecule has 0 fully saturated rings. The van der Waals surface area contributed by atoms with E-state index in [1.807, 2.05) is 17.5 Å². The van der Waals surface area contributed by atoms with Crippen LogP contribution in [0.1, 0.15) is 5.69 Å². The molecule has 2 rings (SSSR count). The van der Waals surface area contributed by atoms with Gasteiger partial charge in [-0.25, -0.2) is 4.98 Å². The highest BCUT2D eigenvalue weighted by Gasteiger charge is 2.02. The predicted molar refractivity (Wildman–Crippen MR) is 57.1 cm³/mol. The van der Waals surface area contributed by atoms with Crippen LogP contribution < -0.4 is 5.73 Å². The first kappa shape index (κ1) is 9.18. The van der Waals surface area contributed by atoms with Gasteiger partial charge in [-0.3, -0.25) is 0 Å². The number of nitrogens with two attached hydrogens (primary N) is 1. The Morgan fingerprint density at radius 2 is 2.00 bits per heavy atom. The Labute approximate surface area is 85.8 Å². The number of aromatic nitrogens is 1. The first-order valence-electron chi connectivity index (χ1n) is 4.23. The molecule has 0 atom stereocenters. The summed E-state index contributed by atoms with van der Waals surface area (Å²) >= 11 is 1.56. The summed E-state index contributed by atoms with van der Waals surface area (Å²) in [4.78, 5) is 4.34. The monoisotopic (exact) mass is 206 g/mol. The number of benzene rings is 1. The number of hydrogen-bond donors (Lipinski definition) is 2. The van der Waals surface area contributed by atoms with E-state index < -0.39 is 0 Å². The van der Waals surface area contributed by atoms with Gasteiger partial charge < -0.3 is 10.8 Å². The fourth-order valence-electron chi connectivity index (χ4n) is 1.14. The summed E-state index contributed by atoms with van der Waals surface area (Å²) in [5.41, 5.74) is 7.38. The smallest absolute Gasteiger partial charge is 0.123 e. The van der Waals surface area contributed by atoms with E-state index in [1.54, 1.807) is 23.5 Å². The van der Waals surface area contributed by atoms with E-state index in [-0.39, 0.29) is 5.75 Å². The highest BCUT2D eigenvalue weighted by atomic mass is 32.1. The van der Waals surface area contributed by atoms with Crippen molar-refractivity contribution in [1.82, 2.24) is 4.98 Å². The molecule has 0 saturated carbocycles. The van der Waals surface area contributed by atoms with Crippen LogP contribution in [0.2, 0.25) is 0 Å². The van der Waals surface area contributed by atoms with Crippen molar-refractivity contribution >= 4 is 11.3 Å². The fraction of sp³-hybridized carbons (Fsp3) is 0.100. The first-order valence-corrected chi connectivity index (χ1v) is 5.11. The molecule has 1 heterocycles. The number of rotatable bonds is 2. The van der Waals surface area contributed by atoms with E-state index in [0.717, 1.165) is 16.3 Å². The van der Waals surface area contributed by atoms with Crippen LogP contribution in [0, 0.1) is 0 Å². The molecule has 1 aromatic carbocycles. The molecule has 4 heteroatoms. The molecule has 14 heavy (non-hydrogen) atoms. The zero-order valence-corrected chi connectivity index (χ0v) is 8.29. The minimum Gasteiger partial charge on any atom is -0.508 e. The van der Waals surface area contributed by atoms with Gasteiger partial charge in [0.2, 0.25) is 0 Å². The molecule has 0 saturated heterocycles. The number of hydrogen-bond acceptors (Lipinski definition) is 4. The van der Waals surface area contributed by atoms with E-state index in [9.17, 15) is 0 Å². The maximum Gasteiger partial charge on any atom is 0.123 e. The summed E-state index contributed by atoms with van der Waals surface area (Å²) in [5, 5.41) is 12.0. The van der Waals surface area contributed by atoms with Crippen molar-refractivity contribution in [1.29, 1.82) is 0 Å². The highest BCUT2D eigenvalue weighted by Crippen LogP contribution is 2.24. The van der Waals surface area contributed by atoms with Gasteiger partial charge in [0.1, 0.15) is 10.8 Å². The lowest BCUT2D eigenvalue weighted by molar-refractivity contribution is 0.475. The molecule has 0 spiro atoms. The summed E-state index contributed by atoms with van der Waals surface area (Å²) in [6.07, 6.45) is 0. The Bertz CT molecular complexity index is 422. The van der Waals surface area contributed by atoms with Gasteiger partial charge in [0.25, 0.3) is 0 Å². The Balaban J connectivity index is 2.34. The normalized spacial score (nSPS) is 10.4. The number of nitrogens with zero attached hydrogens (tertiary/aromatic N) is 1. The average molecular weight is 206 g/mol. The van der Waals surface area contributed by atoms with Crippen molar-refractivity contribution in [3.05, 3.63) is 35.3 Å². The van der Waals surface area contributed by atoms with E-state index in [1.165, 1.54) is 0 Å². The zero-order chi connectivity index (χ0) is 9.97. The SMILES string of the molecule is NCc1csc(-c2ccc(O)cc2)n1. The van der Waals surface area contributed by atoms with Crippen LogP contribution >= 0.6 is 11.3 Å². The van der Waals surface area contributed by atoms with Crippen molar-refractivity contribution < 1.29 is 5.11 Å². The topological polar surface area (TPSA) is 59.1 Å². The second-order valence-electron chi connectivity index (χ2n) is 2.89. The fourth-order valence-corrected chi connectivity index (χ4v) is 1.98. The quantitative estimate of drug-likeness (QED) is 0.789. The number of phenolic OH excluding ortho intramolecular Hbond substituents is 1. The van der Waals surface area contributed by atoms with Crippen molar-refractivity contribution in [3.63, 3.8) is 0 Å². The minimum atomic E-state index is 0.268. The van der Waals surface area contributed by atoms with Crippen molar-refractivity contribution in [2.75, 3.05) is 0 Å². The average Bonchev–Trinajstić information content (AvgIpc) is 2.67. The Morgan fingerprint density at radius 3 is 2.57 bits per heavy atom. The summed E-state index contributed by atoms with van der Waals surface area (Å²) in [5.74, 6) is 0.268. The van der Waals surface area contributed by atoms with Crippen molar-refractivity contribution in [2.45, 2.75) is 6.54 Å². The summed E-state index contributed by atoms with van der Waals surface area (Å²) in [6.45, 7) is 0.467. The molecule has 0 aliphatic heterocycles. The van der Waals surface area contributed by atoms with Crippen LogP contribution in [0.5, 0.6) is 5.75 Å². The van der Waals surface area contributed by atoms with Gasteiger partial charge in [0.15, 0.2) is 0 Å². The number of thiazole rings is 1. The van der Waals surface area contributed by atoms with Crippen LogP contribution in [0.3, 0.4) is 0 Å². The molecule has 1 aromatic heterocycles. The van der Waals surface area contributed by atoms with Gasteiger partial charge in [-0.2, -0.15) is 0 Å². The van der Waals surface area contributed by atoms with Gasteiger partial charge >= 0.3 is 0 Å². The van der Waals surface area contributed by atoms with Gasteiger partial charge in [-0.15, -0.1) is 11.3 Å². The third kappa shape index (κ3) is 1.76. The summed E-state index contributed by atoms with van der Waals surface area (Å²) in [6, 6.07) is 6.99. The van der Waals surface area contributed by atoms with Crippen LogP contribution in [-0.2, 0) is 6.54 Å². The van der Waals surface area contributed by atoms with Crippen LogP contribution in [0.25, 0.3) is 10.6 Å². The maximum absolute atomic E-state index is 9.12. The van der Waals surface area contributed by atoms with Crippen LogP contribution in [0.15, 0.2) is 29.6 Å². The van der Waals surface area contributed by atoms with E-state index >= 15 is 0 Å². The minimum absolute atomic E-state index is 0.268. The number of aromatic hydroxyl groups is 1. The second kappa shape index (κ2) is 3.77. The molecule has 72 valence electrons. The molecule has 3 nitrogen and oxygen atoms in total. The van der Waals surface area contributed by atoms with E-state index in [0.29, 0.717) is 6.54 Å². The molecule has 0 unspecified atom stereocenters. The standard InChI is InChI=1S/C10H10N2OS/c11-5-8-6-14-10(12-8)7-1-3-9(13)4-2-7/h1-4,6,13H,5,11H2. The molecule has 0 aliphatic carbocycles. The van der Waals surface area contributed by atoms with Crippen LogP contribution in [0.4, 0.5) is 0 Å². The van der Waals surface area contributed by atoms with Crippen molar-refractivity contribution in [2.24, 2.45) is 5.73 Å². The van der Waals surface area contributed by atoms with Crippen LogP contribution in [-0.4, -0.2) is 10.1 Å². The molecule has 0 amide bonds. The lowest BCUT2D eigenvalue weighted by Gasteiger charge is -1.95. The molecule has 0 bridgehead atoms. The Hall–Kier alpha value is -1.39. The third-order valence-electron chi connectivity index (χ3n) is 1.88. The predicted octanol–water partition coefficient (Wildman–Crippen LogP) is 1.97. The maximum atomic E-state index is 9.12. The second-order valence-corrected chi connectivity index (χ2v) is 3.75. The van der Waals surface area contributed by atoms with Gasteiger partial charge in [-0.05, 0) is 24.3 Å². The van der Waals surface area contributed by atoms with E-state index in [2.05, 4.69) is 4.98 Å². The molecule has 0 radical (unpaired) electrons. The molecule has 2 aromatic rings. The van der Waals surface area contributed by atoms with Gasteiger partial charge in [0, 0.05) is 17.5 Å².